The zero-order valence-corrected chi connectivity index (χ0v) is 16.9. The van der Waals surface area contributed by atoms with E-state index in [0.717, 1.165) is 11.3 Å². The Morgan fingerprint density at radius 2 is 2.07 bits per heavy atom. The number of imide groups is 1. The van der Waals surface area contributed by atoms with Gasteiger partial charge in [0.1, 0.15) is 24.5 Å². The molecule has 1 saturated carbocycles. The molecule has 2 fully saturated rings. The molecule has 1 heterocycles. The number of urea groups is 1. The van der Waals surface area contributed by atoms with Crippen molar-refractivity contribution in [3.05, 3.63) is 34.6 Å². The molecule has 1 aliphatic carbocycles. The van der Waals surface area contributed by atoms with E-state index in [0.29, 0.717) is 12.8 Å². The summed E-state index contributed by atoms with van der Waals surface area (Å²) in [4.78, 5) is 38.5. The largest absolute Gasteiger partial charge is 0.459 e. The molecule has 0 bridgehead atoms. The van der Waals surface area contributed by atoms with Gasteiger partial charge >= 0.3 is 12.0 Å². The van der Waals surface area contributed by atoms with Gasteiger partial charge in [-0.2, -0.15) is 0 Å². The first-order chi connectivity index (χ1) is 13.0. The first-order valence-corrected chi connectivity index (χ1v) is 9.63. The molecule has 2 aliphatic rings. The van der Waals surface area contributed by atoms with Crippen LogP contribution in [-0.4, -0.2) is 34.9 Å². The number of esters is 1. The number of hydrogen-bond acceptors (Lipinski definition) is 4. The van der Waals surface area contributed by atoms with Gasteiger partial charge in [-0.15, -0.1) is 0 Å². The molecule has 3 rings (SSSR count). The quantitative estimate of drug-likeness (QED) is 0.607. The second kappa shape index (κ2) is 7.35. The maximum absolute atomic E-state index is 13.8. The van der Waals surface area contributed by atoms with Crippen LogP contribution < -0.4 is 5.32 Å². The number of amides is 3. The Kier molecular flexibility index (Phi) is 5.40. The van der Waals surface area contributed by atoms with Gasteiger partial charge in [0.05, 0.1) is 5.02 Å². The molecule has 1 N–H and O–H groups in total. The van der Waals surface area contributed by atoms with Crippen molar-refractivity contribution in [1.29, 1.82) is 0 Å². The topological polar surface area (TPSA) is 75.7 Å². The number of rotatable bonds is 4. The van der Waals surface area contributed by atoms with Gasteiger partial charge in [0, 0.05) is 5.56 Å². The highest BCUT2D eigenvalue weighted by Gasteiger charge is 2.56. The zero-order chi connectivity index (χ0) is 20.7. The van der Waals surface area contributed by atoms with Crippen LogP contribution in [0.5, 0.6) is 0 Å². The fourth-order valence-corrected chi connectivity index (χ4v) is 4.86. The Bertz CT molecular complexity index is 808. The third kappa shape index (κ3) is 3.99. The minimum atomic E-state index is -0.979. The predicted molar refractivity (Wildman–Crippen MR) is 101 cm³/mol. The summed E-state index contributed by atoms with van der Waals surface area (Å²) in [5, 5.41) is 2.94. The van der Waals surface area contributed by atoms with Crippen LogP contribution in [0.1, 0.15) is 45.6 Å². The summed E-state index contributed by atoms with van der Waals surface area (Å²) in [5.41, 5.74) is -1.03. The van der Waals surface area contributed by atoms with Crippen molar-refractivity contribution in [2.75, 3.05) is 6.54 Å². The molecule has 1 spiro atoms. The molecule has 8 heteroatoms. The molecule has 6 nitrogen and oxygen atoms in total. The fourth-order valence-electron chi connectivity index (χ4n) is 4.65. The minimum Gasteiger partial charge on any atom is -0.459 e. The van der Waals surface area contributed by atoms with E-state index < -0.39 is 35.8 Å². The van der Waals surface area contributed by atoms with Crippen molar-refractivity contribution in [2.45, 2.75) is 52.2 Å². The van der Waals surface area contributed by atoms with Gasteiger partial charge in [-0.3, -0.25) is 14.5 Å². The molecule has 152 valence electrons. The smallest absolute Gasteiger partial charge is 0.326 e. The predicted octanol–water partition coefficient (Wildman–Crippen LogP) is 3.66. The maximum Gasteiger partial charge on any atom is 0.326 e. The van der Waals surface area contributed by atoms with E-state index in [1.165, 1.54) is 18.2 Å². The lowest BCUT2D eigenvalue weighted by Crippen LogP contribution is -2.54. The summed E-state index contributed by atoms with van der Waals surface area (Å²) < 4.78 is 18.8. The van der Waals surface area contributed by atoms with E-state index in [4.69, 9.17) is 16.3 Å². The Morgan fingerprint density at radius 1 is 1.36 bits per heavy atom. The molecule has 3 amide bonds. The molecule has 28 heavy (non-hydrogen) atoms. The van der Waals surface area contributed by atoms with Gasteiger partial charge in [0.15, 0.2) is 0 Å². The normalized spacial score (nSPS) is 26.5. The summed E-state index contributed by atoms with van der Waals surface area (Å²) in [5.74, 6) is -1.53. The van der Waals surface area contributed by atoms with E-state index in [2.05, 4.69) is 26.1 Å². The Balaban J connectivity index is 1.67. The molecule has 1 saturated heterocycles. The molecular weight excluding hydrogens is 387 g/mol. The Labute approximate surface area is 168 Å². The highest BCUT2D eigenvalue weighted by Crippen LogP contribution is 2.46. The SMILES string of the molecule is C[C@H]1CC(C)(C)C[C@@]2(C1)NC(=O)N(CC(=O)OCc1c(F)cccc1Cl)C2=O. The zero-order valence-electron chi connectivity index (χ0n) is 16.2. The number of benzene rings is 1. The van der Waals surface area contributed by atoms with Crippen molar-refractivity contribution in [3.63, 3.8) is 0 Å². The molecule has 1 aromatic carbocycles. The molecule has 2 atom stereocenters. The highest BCUT2D eigenvalue weighted by molar-refractivity contribution is 6.31. The average molecular weight is 411 g/mol. The lowest BCUT2D eigenvalue weighted by atomic mass is 9.64. The van der Waals surface area contributed by atoms with Crippen LogP contribution >= 0.6 is 11.6 Å². The number of nitrogens with one attached hydrogen (secondary N) is 1. The third-order valence-corrected chi connectivity index (χ3v) is 5.70. The van der Waals surface area contributed by atoms with Gasteiger partial charge in [0.2, 0.25) is 0 Å². The summed E-state index contributed by atoms with van der Waals surface area (Å²) >= 11 is 5.91. The van der Waals surface area contributed by atoms with E-state index in [9.17, 15) is 18.8 Å². The summed E-state index contributed by atoms with van der Waals surface area (Å²) in [6.45, 7) is 5.30. The maximum atomic E-state index is 13.8. The van der Waals surface area contributed by atoms with Crippen LogP contribution in [0.25, 0.3) is 0 Å². The van der Waals surface area contributed by atoms with Crippen molar-refractivity contribution < 1.29 is 23.5 Å². The molecule has 1 aliphatic heterocycles. The lowest BCUT2D eigenvalue weighted by Gasteiger charge is -2.43. The molecule has 0 aromatic heterocycles. The van der Waals surface area contributed by atoms with Gasteiger partial charge in [-0.05, 0) is 42.7 Å². The van der Waals surface area contributed by atoms with Crippen molar-refractivity contribution in [2.24, 2.45) is 11.3 Å². The van der Waals surface area contributed by atoms with Crippen molar-refractivity contribution in [1.82, 2.24) is 10.2 Å². The van der Waals surface area contributed by atoms with Crippen LogP contribution in [0.3, 0.4) is 0 Å². The van der Waals surface area contributed by atoms with E-state index in [1.54, 1.807) is 0 Å². The van der Waals surface area contributed by atoms with Gasteiger partial charge in [-0.1, -0.05) is 38.4 Å². The molecular formula is C20H24ClFN2O4. The number of hydrogen-bond donors (Lipinski definition) is 1. The second-order valence-corrected chi connectivity index (χ2v) is 9.03. The summed E-state index contributed by atoms with van der Waals surface area (Å²) in [6, 6.07) is 3.54. The molecule has 1 aromatic rings. The summed E-state index contributed by atoms with van der Waals surface area (Å²) in [6.07, 6.45) is 2.02. The molecule has 0 unspecified atom stereocenters. The number of ether oxygens (including phenoxy) is 1. The number of carbonyl (C=O) groups is 3. The van der Waals surface area contributed by atoms with Crippen molar-refractivity contribution in [3.8, 4) is 0 Å². The average Bonchev–Trinajstić information content (AvgIpc) is 2.76. The van der Waals surface area contributed by atoms with Crippen LogP contribution in [0.15, 0.2) is 18.2 Å². The first-order valence-electron chi connectivity index (χ1n) is 9.26. The van der Waals surface area contributed by atoms with E-state index >= 15 is 0 Å². The van der Waals surface area contributed by atoms with Crippen LogP contribution in [0.4, 0.5) is 9.18 Å². The number of nitrogens with zero attached hydrogens (tertiary/aromatic N) is 1. The van der Waals surface area contributed by atoms with E-state index in [1.807, 2.05) is 0 Å². The van der Waals surface area contributed by atoms with Crippen LogP contribution in [0, 0.1) is 17.2 Å². The van der Waals surface area contributed by atoms with Crippen LogP contribution in [-0.2, 0) is 20.9 Å². The number of halogens is 2. The highest BCUT2D eigenvalue weighted by atomic mass is 35.5. The van der Waals surface area contributed by atoms with Gasteiger partial charge < -0.3 is 10.1 Å². The second-order valence-electron chi connectivity index (χ2n) is 8.62. The summed E-state index contributed by atoms with van der Waals surface area (Å²) in [7, 11) is 0. The first kappa shape index (κ1) is 20.6. The van der Waals surface area contributed by atoms with Crippen molar-refractivity contribution >= 4 is 29.5 Å². The van der Waals surface area contributed by atoms with Crippen LogP contribution in [0.2, 0.25) is 5.02 Å². The third-order valence-electron chi connectivity index (χ3n) is 5.35. The fraction of sp³-hybridized carbons (Fsp3) is 0.550. The monoisotopic (exact) mass is 410 g/mol. The van der Waals surface area contributed by atoms with Gasteiger partial charge in [-0.25, -0.2) is 9.18 Å². The molecule has 0 radical (unpaired) electrons. The minimum absolute atomic E-state index is 0.0500. The Hall–Kier alpha value is -2.15. The van der Waals surface area contributed by atoms with E-state index in [-0.39, 0.29) is 28.5 Å². The lowest BCUT2D eigenvalue weighted by molar-refractivity contribution is -0.149. The van der Waals surface area contributed by atoms with Gasteiger partial charge in [0.25, 0.3) is 5.91 Å². The Morgan fingerprint density at radius 3 is 2.71 bits per heavy atom. The standard InChI is InChI=1S/C20H24ClFN2O4/c1-12-7-19(2,3)11-20(8-12)17(26)24(18(27)23-20)9-16(25)28-10-13-14(21)5-4-6-15(13)22/h4-6,12H,7-11H2,1-3H3,(H,23,27)/t12-,20+/m0/s1. The number of carbonyl (C=O) groups excluding carboxylic acids is 3.